The highest BCUT2D eigenvalue weighted by Crippen LogP contribution is 2.45. The Kier molecular flexibility index (Phi) is 7.18. The van der Waals surface area contributed by atoms with Crippen molar-refractivity contribution in [3.8, 4) is 23.0 Å². The van der Waals surface area contributed by atoms with Gasteiger partial charge >= 0.3 is 0 Å². The molecule has 11 nitrogen and oxygen atoms in total. The van der Waals surface area contributed by atoms with Crippen molar-refractivity contribution in [2.24, 2.45) is 15.7 Å². The molecule has 0 aromatic heterocycles. The average Bonchev–Trinajstić information content (AvgIpc) is 3.55. The number of rotatable bonds is 7. The van der Waals surface area contributed by atoms with Crippen LogP contribution in [0.3, 0.4) is 0 Å². The van der Waals surface area contributed by atoms with Gasteiger partial charge in [0.1, 0.15) is 6.10 Å². The fourth-order valence-electron chi connectivity index (χ4n) is 7.15. The Bertz CT molecular complexity index is 2100. The second-order valence-corrected chi connectivity index (χ2v) is 12.9. The number of fused-ring (bicyclic) bond motifs is 8. The Morgan fingerprint density at radius 1 is 0.796 bits per heavy atom. The number of benzene rings is 4. The van der Waals surface area contributed by atoms with Crippen LogP contribution in [0.5, 0.6) is 23.0 Å². The number of para-hydroxylation sites is 2. The molecule has 0 fully saturated rings. The van der Waals surface area contributed by atoms with Crippen molar-refractivity contribution in [2.75, 3.05) is 24.0 Å². The monoisotopic (exact) mass is 657 g/mol. The van der Waals surface area contributed by atoms with Crippen LogP contribution in [0.2, 0.25) is 0 Å². The fourth-order valence-corrected chi connectivity index (χ4v) is 7.15. The number of hydrogen-bond donors (Lipinski definition) is 1. The van der Waals surface area contributed by atoms with Gasteiger partial charge in [0, 0.05) is 48.8 Å². The summed E-state index contributed by atoms with van der Waals surface area (Å²) < 4.78 is 23.8. The van der Waals surface area contributed by atoms with Gasteiger partial charge in [-0.3, -0.25) is 35.1 Å². The van der Waals surface area contributed by atoms with E-state index in [2.05, 4.69) is 4.99 Å². The number of anilines is 2. The lowest BCUT2D eigenvalue weighted by Crippen LogP contribution is -2.48. The van der Waals surface area contributed by atoms with Crippen molar-refractivity contribution in [1.82, 2.24) is 0 Å². The van der Waals surface area contributed by atoms with Gasteiger partial charge < -0.3 is 18.9 Å². The molecule has 4 aliphatic rings. The molecule has 0 bridgehead atoms. The van der Waals surface area contributed by atoms with Gasteiger partial charge in [0.25, 0.3) is 11.8 Å². The molecule has 2 N–H and O–H groups in total. The Morgan fingerprint density at radius 2 is 1.41 bits per heavy atom. The van der Waals surface area contributed by atoms with Gasteiger partial charge in [0.05, 0.1) is 48.3 Å². The zero-order chi connectivity index (χ0) is 34.0. The molecule has 2 amide bonds. The van der Waals surface area contributed by atoms with E-state index in [1.54, 1.807) is 47.2 Å². The molecule has 8 rings (SSSR count). The maximum absolute atomic E-state index is 14.0. The smallest absolute Gasteiger partial charge is 0.261 e. The third-order valence-corrected chi connectivity index (χ3v) is 9.66. The molecule has 49 heavy (non-hydrogen) atoms. The van der Waals surface area contributed by atoms with Crippen LogP contribution >= 0.6 is 0 Å². The van der Waals surface area contributed by atoms with E-state index in [-0.39, 0.29) is 17.9 Å². The third-order valence-electron chi connectivity index (χ3n) is 9.66. The molecule has 248 valence electrons. The minimum atomic E-state index is -0.972. The van der Waals surface area contributed by atoms with Gasteiger partial charge in [0.2, 0.25) is 0 Å². The van der Waals surface area contributed by atoms with Gasteiger partial charge in [-0.1, -0.05) is 36.4 Å². The van der Waals surface area contributed by atoms with Gasteiger partial charge in [0.15, 0.2) is 29.2 Å². The number of ether oxygens (including phenoxy) is 4. The highest BCUT2D eigenvalue weighted by molar-refractivity contribution is 6.16. The maximum Gasteiger partial charge on any atom is 0.261 e. The molecule has 0 spiro atoms. The van der Waals surface area contributed by atoms with Crippen LogP contribution in [0.4, 0.5) is 22.7 Å². The van der Waals surface area contributed by atoms with Crippen LogP contribution < -0.4 is 34.5 Å². The molecule has 0 aliphatic carbocycles. The Morgan fingerprint density at radius 3 is 2.12 bits per heavy atom. The highest BCUT2D eigenvalue weighted by atomic mass is 16.6. The third kappa shape index (κ3) is 4.91. The number of nitrogens with zero attached hydrogens (tertiary/aromatic N) is 4. The molecule has 2 unspecified atom stereocenters. The molecule has 4 aromatic rings. The first kappa shape index (κ1) is 30.6. The van der Waals surface area contributed by atoms with Crippen molar-refractivity contribution < 1.29 is 28.5 Å². The molecule has 4 atom stereocenters. The van der Waals surface area contributed by atoms with Crippen molar-refractivity contribution in [3.63, 3.8) is 0 Å². The van der Waals surface area contributed by atoms with Crippen LogP contribution in [0, 0.1) is 0 Å². The Hall–Kier alpha value is -5.68. The molecule has 0 saturated heterocycles. The largest absolute Gasteiger partial charge is 0.493 e. The summed E-state index contributed by atoms with van der Waals surface area (Å²) in [5, 5.41) is 0. The molecule has 4 heterocycles. The van der Waals surface area contributed by atoms with E-state index < -0.39 is 17.9 Å². The van der Waals surface area contributed by atoms with Crippen molar-refractivity contribution in [2.45, 2.75) is 50.6 Å². The van der Waals surface area contributed by atoms with Crippen molar-refractivity contribution >= 4 is 47.0 Å². The second-order valence-electron chi connectivity index (χ2n) is 12.9. The second kappa shape index (κ2) is 11.5. The predicted molar refractivity (Wildman–Crippen MR) is 187 cm³/mol. The summed E-state index contributed by atoms with van der Waals surface area (Å²) in [4.78, 5) is 40.8. The number of methoxy groups -OCH3 is 2. The number of carbonyl (C=O) groups is 2. The van der Waals surface area contributed by atoms with Gasteiger partial charge in [-0.15, -0.1) is 0 Å². The minimum absolute atomic E-state index is 0.157. The lowest BCUT2D eigenvalue weighted by atomic mass is 9.98. The number of hydrogen-bond acceptors (Lipinski definition) is 9. The molecule has 4 aromatic carbocycles. The number of amides is 2. The maximum atomic E-state index is 14.0. The summed E-state index contributed by atoms with van der Waals surface area (Å²) in [6, 6.07) is 22.3. The quantitative estimate of drug-likeness (QED) is 0.249. The minimum Gasteiger partial charge on any atom is -0.493 e. The normalized spacial score (nSPS) is 21.0. The van der Waals surface area contributed by atoms with E-state index in [4.69, 9.17) is 29.7 Å². The molecule has 0 radical (unpaired) electrons. The average molecular weight is 658 g/mol. The van der Waals surface area contributed by atoms with Crippen LogP contribution in [-0.2, 0) is 12.8 Å². The fraction of sp³-hybridized carbons (Fsp3) is 0.263. The number of aliphatic imine (C=N–C) groups is 2. The van der Waals surface area contributed by atoms with Crippen LogP contribution in [0.25, 0.3) is 0 Å². The molecule has 0 saturated carbocycles. The van der Waals surface area contributed by atoms with Crippen molar-refractivity contribution in [3.05, 3.63) is 95.1 Å². The first-order chi connectivity index (χ1) is 23.7. The zero-order valence-corrected chi connectivity index (χ0v) is 27.5. The summed E-state index contributed by atoms with van der Waals surface area (Å²) in [5.41, 5.74) is 11.6. The van der Waals surface area contributed by atoms with Crippen LogP contribution in [0.1, 0.15) is 45.7 Å². The van der Waals surface area contributed by atoms with Gasteiger partial charge in [-0.05, 0) is 49.2 Å². The lowest BCUT2D eigenvalue weighted by molar-refractivity contribution is 0.0659. The Labute approximate surface area is 283 Å². The molecular formula is C38H35N5O6. The van der Waals surface area contributed by atoms with E-state index >= 15 is 0 Å². The van der Waals surface area contributed by atoms with E-state index in [1.807, 2.05) is 61.7 Å². The van der Waals surface area contributed by atoms with Gasteiger partial charge in [-0.2, -0.15) is 0 Å². The molecular weight excluding hydrogens is 622 g/mol. The van der Waals surface area contributed by atoms with Crippen molar-refractivity contribution in [1.29, 1.82) is 0 Å². The summed E-state index contributed by atoms with van der Waals surface area (Å²) in [6.07, 6.45) is 3.31. The highest BCUT2D eigenvalue weighted by Gasteiger charge is 2.45. The van der Waals surface area contributed by atoms with Crippen LogP contribution in [0.15, 0.2) is 82.8 Å². The first-order valence-corrected chi connectivity index (χ1v) is 16.2. The topological polar surface area (TPSA) is 128 Å². The van der Waals surface area contributed by atoms with E-state index in [1.165, 1.54) is 14.2 Å². The summed E-state index contributed by atoms with van der Waals surface area (Å²) in [5.74, 6) is 1.03. The van der Waals surface area contributed by atoms with E-state index in [0.717, 1.165) is 22.5 Å². The summed E-state index contributed by atoms with van der Waals surface area (Å²) in [6.45, 7) is 3.77. The standard InChI is InChI=1S/C38H35N5O6/c1-21(48-33-16-27-25(14-31(33)46-3)36(44)42-24(19-40-27)13-22-9-5-7-11-29(22)42)35(39)49-34-17-28-26(15-32(34)47-4)37(45)43-30-12-8-6-10-23(30)18-38(43,2)20-41-28/h5-12,14-17,19-21,24,35H,13,18,39H2,1-4H3/t21-,24-,35?,38?/m0/s1. The van der Waals surface area contributed by atoms with Crippen LogP contribution in [-0.4, -0.2) is 62.4 Å². The first-order valence-electron chi connectivity index (χ1n) is 16.2. The zero-order valence-electron chi connectivity index (χ0n) is 27.5. The van der Waals surface area contributed by atoms with Gasteiger partial charge in [-0.25, -0.2) is 0 Å². The molecule has 11 heteroatoms. The molecule has 4 aliphatic heterocycles. The lowest BCUT2D eigenvalue weighted by Gasteiger charge is -2.31. The number of nitrogens with two attached hydrogens (primary N) is 1. The summed E-state index contributed by atoms with van der Waals surface area (Å²) >= 11 is 0. The predicted octanol–water partition coefficient (Wildman–Crippen LogP) is 5.80. The number of carbonyl (C=O) groups excluding carboxylic acids is 2. The Balaban J connectivity index is 1.04. The van der Waals surface area contributed by atoms with E-state index in [0.29, 0.717) is 58.3 Å². The summed E-state index contributed by atoms with van der Waals surface area (Å²) in [7, 11) is 3.02. The van der Waals surface area contributed by atoms with E-state index in [9.17, 15) is 9.59 Å². The SMILES string of the molecule is COc1cc2c(cc1OC(N)[C@H](C)Oc1cc3c(cc1OC)C(=O)N1c4ccccc4C[C@H]1C=N3)N=CC1(C)Cc3ccccc3N1C2=O.